The molecule has 0 bridgehead atoms. The molecule has 6 heteroatoms. The highest BCUT2D eigenvalue weighted by molar-refractivity contribution is 5.79. The van der Waals surface area contributed by atoms with Gasteiger partial charge in [-0.25, -0.2) is 0 Å². The Hall–Kier alpha value is -0.690. The van der Waals surface area contributed by atoms with Gasteiger partial charge >= 0.3 is 0 Å². The summed E-state index contributed by atoms with van der Waals surface area (Å²) in [5.74, 6) is 0.368. The van der Waals surface area contributed by atoms with Crippen molar-refractivity contribution in [3.63, 3.8) is 0 Å². The van der Waals surface area contributed by atoms with Gasteiger partial charge in [-0.15, -0.1) is 0 Å². The number of carbonyl (C=O) groups excluding carboxylic acids is 1. The van der Waals surface area contributed by atoms with E-state index in [1.54, 1.807) is 0 Å². The zero-order valence-corrected chi connectivity index (χ0v) is 13.5. The van der Waals surface area contributed by atoms with Crippen LogP contribution in [0.15, 0.2) is 0 Å². The van der Waals surface area contributed by atoms with Crippen LogP contribution >= 0.6 is 0 Å². The average Bonchev–Trinajstić information content (AvgIpc) is 2.86. The van der Waals surface area contributed by atoms with Crippen LogP contribution in [0.1, 0.15) is 13.8 Å². The van der Waals surface area contributed by atoms with Gasteiger partial charge in [-0.2, -0.15) is 0 Å². The Bertz CT molecular complexity index is 343. The number of nitrogens with two attached hydrogens (primary N) is 1. The molecule has 2 aliphatic rings. The fourth-order valence-corrected chi connectivity index (χ4v) is 3.12. The lowest BCUT2D eigenvalue weighted by Crippen LogP contribution is -2.55. The standard InChI is InChI=1S/C15H30N4O2/c1-11(2)14(19-6-4-18(3)5-7-19)8-17-15(20)12-9-21-10-13(12)16/h11-14H,4-10,16H2,1-3H3,(H,17,20). The molecule has 0 aromatic rings. The highest BCUT2D eigenvalue weighted by Crippen LogP contribution is 2.15. The van der Waals surface area contributed by atoms with Gasteiger partial charge in [-0.05, 0) is 13.0 Å². The third kappa shape index (κ3) is 4.39. The minimum atomic E-state index is -0.190. The minimum absolute atomic E-state index is 0.0415. The minimum Gasteiger partial charge on any atom is -0.379 e. The number of rotatable bonds is 5. The van der Waals surface area contributed by atoms with Crippen LogP contribution in [0.4, 0.5) is 0 Å². The lowest BCUT2D eigenvalue weighted by Gasteiger charge is -2.40. The number of likely N-dealkylation sites (N-methyl/N-ethyl adjacent to an activating group) is 1. The van der Waals surface area contributed by atoms with E-state index in [9.17, 15) is 4.79 Å². The van der Waals surface area contributed by atoms with Crippen LogP contribution in [0, 0.1) is 11.8 Å². The van der Waals surface area contributed by atoms with E-state index in [1.807, 2.05) is 0 Å². The molecule has 3 atom stereocenters. The maximum atomic E-state index is 12.2. The van der Waals surface area contributed by atoms with Crippen molar-refractivity contribution in [3.05, 3.63) is 0 Å². The van der Waals surface area contributed by atoms with Crippen molar-refractivity contribution in [1.29, 1.82) is 0 Å². The molecule has 0 radical (unpaired) electrons. The summed E-state index contributed by atoms with van der Waals surface area (Å²) in [6.45, 7) is 10.4. The first-order chi connectivity index (χ1) is 9.99. The van der Waals surface area contributed by atoms with Crippen LogP contribution < -0.4 is 11.1 Å². The Morgan fingerprint density at radius 3 is 2.48 bits per heavy atom. The molecule has 0 spiro atoms. The molecule has 2 saturated heterocycles. The normalized spacial score (nSPS) is 29.8. The molecule has 2 heterocycles. The fourth-order valence-electron chi connectivity index (χ4n) is 3.12. The van der Waals surface area contributed by atoms with Crippen molar-refractivity contribution < 1.29 is 9.53 Å². The highest BCUT2D eigenvalue weighted by atomic mass is 16.5. The van der Waals surface area contributed by atoms with Crippen molar-refractivity contribution in [3.8, 4) is 0 Å². The topological polar surface area (TPSA) is 70.8 Å². The predicted molar refractivity (Wildman–Crippen MR) is 83.0 cm³/mol. The average molecular weight is 298 g/mol. The van der Waals surface area contributed by atoms with Crippen molar-refractivity contribution >= 4 is 5.91 Å². The summed E-state index contributed by atoms with van der Waals surface area (Å²) in [5, 5.41) is 3.09. The van der Waals surface area contributed by atoms with Gasteiger partial charge in [0.2, 0.25) is 5.91 Å². The third-order valence-corrected chi connectivity index (χ3v) is 4.72. The molecule has 3 unspecified atom stereocenters. The van der Waals surface area contributed by atoms with Gasteiger partial charge in [0.1, 0.15) is 0 Å². The quantitative estimate of drug-likeness (QED) is 0.706. The number of ether oxygens (including phenoxy) is 1. The first-order valence-corrected chi connectivity index (χ1v) is 8.02. The molecule has 0 aliphatic carbocycles. The second-order valence-corrected chi connectivity index (χ2v) is 6.70. The van der Waals surface area contributed by atoms with E-state index in [4.69, 9.17) is 10.5 Å². The molecule has 122 valence electrons. The highest BCUT2D eigenvalue weighted by Gasteiger charge is 2.32. The van der Waals surface area contributed by atoms with E-state index < -0.39 is 0 Å². The summed E-state index contributed by atoms with van der Waals surface area (Å²) in [5.41, 5.74) is 5.90. The molecule has 21 heavy (non-hydrogen) atoms. The molecule has 1 amide bonds. The fraction of sp³-hybridized carbons (Fsp3) is 0.933. The lowest BCUT2D eigenvalue weighted by atomic mass is 10.00. The number of hydrogen-bond donors (Lipinski definition) is 2. The van der Waals surface area contributed by atoms with Crippen LogP contribution in [0.5, 0.6) is 0 Å². The first kappa shape index (κ1) is 16.7. The molecular formula is C15H30N4O2. The Morgan fingerprint density at radius 2 is 1.95 bits per heavy atom. The Morgan fingerprint density at radius 1 is 1.29 bits per heavy atom. The Balaban J connectivity index is 1.84. The van der Waals surface area contributed by atoms with E-state index in [-0.39, 0.29) is 17.9 Å². The molecule has 2 rings (SSSR count). The predicted octanol–water partition coefficient (Wildman–Crippen LogP) is -0.652. The van der Waals surface area contributed by atoms with Crippen LogP contribution in [-0.2, 0) is 9.53 Å². The molecule has 2 aliphatic heterocycles. The van der Waals surface area contributed by atoms with Crippen molar-refractivity contribution in [2.24, 2.45) is 17.6 Å². The van der Waals surface area contributed by atoms with Crippen LogP contribution in [0.3, 0.4) is 0 Å². The van der Waals surface area contributed by atoms with Gasteiger partial charge in [0, 0.05) is 44.8 Å². The maximum absolute atomic E-state index is 12.2. The van der Waals surface area contributed by atoms with Gasteiger partial charge in [-0.1, -0.05) is 13.8 Å². The maximum Gasteiger partial charge on any atom is 0.227 e. The van der Waals surface area contributed by atoms with E-state index in [2.05, 4.69) is 36.0 Å². The third-order valence-electron chi connectivity index (χ3n) is 4.72. The van der Waals surface area contributed by atoms with Gasteiger partial charge in [0.05, 0.1) is 19.1 Å². The van der Waals surface area contributed by atoms with Crippen molar-refractivity contribution in [2.75, 3.05) is 53.0 Å². The van der Waals surface area contributed by atoms with E-state index in [0.717, 1.165) is 26.2 Å². The van der Waals surface area contributed by atoms with Crippen molar-refractivity contribution in [2.45, 2.75) is 25.9 Å². The molecule has 0 aromatic carbocycles. The lowest BCUT2D eigenvalue weighted by molar-refractivity contribution is -0.125. The largest absolute Gasteiger partial charge is 0.379 e. The van der Waals surface area contributed by atoms with E-state index in [0.29, 0.717) is 31.7 Å². The van der Waals surface area contributed by atoms with E-state index >= 15 is 0 Å². The second kappa shape index (κ2) is 7.54. The zero-order valence-electron chi connectivity index (χ0n) is 13.5. The number of carbonyl (C=O) groups is 1. The summed E-state index contributed by atoms with van der Waals surface area (Å²) < 4.78 is 5.27. The second-order valence-electron chi connectivity index (χ2n) is 6.70. The number of hydrogen-bond acceptors (Lipinski definition) is 5. The van der Waals surface area contributed by atoms with Crippen molar-refractivity contribution in [1.82, 2.24) is 15.1 Å². The molecular weight excluding hydrogens is 268 g/mol. The molecule has 0 saturated carbocycles. The summed E-state index contributed by atoms with van der Waals surface area (Å²) >= 11 is 0. The molecule has 6 nitrogen and oxygen atoms in total. The van der Waals surface area contributed by atoms with Crippen LogP contribution in [0.2, 0.25) is 0 Å². The summed E-state index contributed by atoms with van der Waals surface area (Å²) in [7, 11) is 2.16. The van der Waals surface area contributed by atoms with Crippen LogP contribution in [-0.4, -0.2) is 80.8 Å². The number of nitrogens with one attached hydrogen (secondary N) is 1. The SMILES string of the molecule is CC(C)C(CNC(=O)C1COCC1N)N1CCN(C)CC1. The number of nitrogens with zero attached hydrogens (tertiary/aromatic N) is 2. The number of piperazine rings is 1. The molecule has 2 fully saturated rings. The van der Waals surface area contributed by atoms with Gasteiger partial charge in [-0.3, -0.25) is 9.69 Å². The Labute approximate surface area is 128 Å². The number of amides is 1. The van der Waals surface area contributed by atoms with Gasteiger partial charge in [0.25, 0.3) is 0 Å². The van der Waals surface area contributed by atoms with Gasteiger partial charge < -0.3 is 20.7 Å². The zero-order chi connectivity index (χ0) is 15.4. The smallest absolute Gasteiger partial charge is 0.227 e. The molecule has 3 N–H and O–H groups in total. The first-order valence-electron chi connectivity index (χ1n) is 8.02. The monoisotopic (exact) mass is 298 g/mol. The summed E-state index contributed by atoms with van der Waals surface area (Å²) in [6, 6.07) is 0.229. The molecule has 0 aromatic heterocycles. The van der Waals surface area contributed by atoms with E-state index in [1.165, 1.54) is 0 Å². The summed E-state index contributed by atoms with van der Waals surface area (Å²) in [6.07, 6.45) is 0. The summed E-state index contributed by atoms with van der Waals surface area (Å²) in [4.78, 5) is 17.1. The Kier molecular flexibility index (Phi) is 5.98. The van der Waals surface area contributed by atoms with Crippen LogP contribution in [0.25, 0.3) is 0 Å². The van der Waals surface area contributed by atoms with Gasteiger partial charge in [0.15, 0.2) is 0 Å².